The Morgan fingerprint density at radius 2 is 2.05 bits per heavy atom. The molecule has 6 nitrogen and oxygen atoms in total. The molecule has 2 amide bonds. The molecule has 2 rings (SSSR count). The van der Waals surface area contributed by atoms with Crippen molar-refractivity contribution in [1.29, 1.82) is 0 Å². The van der Waals surface area contributed by atoms with Crippen LogP contribution in [0.5, 0.6) is 5.75 Å². The van der Waals surface area contributed by atoms with Crippen LogP contribution in [0.15, 0.2) is 40.5 Å². The highest BCUT2D eigenvalue weighted by Gasteiger charge is 2.34. The van der Waals surface area contributed by atoms with Crippen LogP contribution < -0.4 is 4.74 Å². The third-order valence-corrected chi connectivity index (χ3v) is 3.37. The summed E-state index contributed by atoms with van der Waals surface area (Å²) in [6.07, 6.45) is 0. The van der Waals surface area contributed by atoms with Crippen LogP contribution in [0.4, 0.5) is 0 Å². The van der Waals surface area contributed by atoms with Gasteiger partial charge in [0.2, 0.25) is 5.91 Å². The van der Waals surface area contributed by atoms with Crippen LogP contribution in [-0.4, -0.2) is 40.0 Å². The molecular formula is C14H15N3O3S. The number of amidine groups is 1. The number of para-hydroxylation sites is 1. The molecule has 1 fully saturated rings. The quantitative estimate of drug-likeness (QED) is 0.629. The van der Waals surface area contributed by atoms with Crippen LogP contribution in [0.2, 0.25) is 0 Å². The molecule has 0 radical (unpaired) electrons. The zero-order valence-corrected chi connectivity index (χ0v) is 12.6. The van der Waals surface area contributed by atoms with Gasteiger partial charge in [-0.25, -0.2) is 4.90 Å². The van der Waals surface area contributed by atoms with Crippen LogP contribution in [0.1, 0.15) is 13.8 Å². The first-order valence-electron chi connectivity index (χ1n) is 6.33. The van der Waals surface area contributed by atoms with Crippen LogP contribution in [-0.2, 0) is 9.59 Å². The van der Waals surface area contributed by atoms with Crippen molar-refractivity contribution in [2.24, 2.45) is 10.2 Å². The fourth-order valence-electron chi connectivity index (χ4n) is 1.55. The highest BCUT2D eigenvalue weighted by Crippen LogP contribution is 2.20. The van der Waals surface area contributed by atoms with E-state index < -0.39 is 5.91 Å². The van der Waals surface area contributed by atoms with Crippen molar-refractivity contribution >= 4 is 34.5 Å². The van der Waals surface area contributed by atoms with Gasteiger partial charge < -0.3 is 4.74 Å². The maximum atomic E-state index is 12.1. The number of thioether (sulfide) groups is 1. The monoisotopic (exact) mass is 305 g/mol. The molecule has 0 spiro atoms. The predicted octanol–water partition coefficient (Wildman–Crippen LogP) is 1.92. The minimum absolute atomic E-state index is 0.189. The van der Waals surface area contributed by atoms with E-state index in [0.717, 1.165) is 10.6 Å². The standard InChI is InChI=1S/C14H15N3O3S/c1-10(2)15-16-14-17(13(19)9-21-14)12(18)8-20-11-6-4-3-5-7-11/h3-7H,8-9H2,1-2H3. The number of amides is 2. The molecule has 0 aromatic heterocycles. The molecule has 0 saturated carbocycles. The van der Waals surface area contributed by atoms with Gasteiger partial charge in [0.1, 0.15) is 5.75 Å². The van der Waals surface area contributed by atoms with E-state index in [1.165, 1.54) is 11.8 Å². The molecule has 1 aliphatic rings. The van der Waals surface area contributed by atoms with Gasteiger partial charge in [0, 0.05) is 5.71 Å². The van der Waals surface area contributed by atoms with Gasteiger partial charge in [0.05, 0.1) is 5.75 Å². The van der Waals surface area contributed by atoms with Crippen molar-refractivity contribution < 1.29 is 14.3 Å². The molecule has 0 N–H and O–H groups in total. The molecule has 1 aromatic carbocycles. The molecule has 1 heterocycles. The Hall–Kier alpha value is -2.15. The summed E-state index contributed by atoms with van der Waals surface area (Å²) in [7, 11) is 0. The van der Waals surface area contributed by atoms with Crippen molar-refractivity contribution in [3.8, 4) is 5.75 Å². The number of nitrogens with zero attached hydrogens (tertiary/aromatic N) is 3. The van der Waals surface area contributed by atoms with E-state index in [-0.39, 0.29) is 18.3 Å². The molecule has 110 valence electrons. The normalized spacial score (nSPS) is 16.2. The van der Waals surface area contributed by atoms with E-state index in [1.54, 1.807) is 26.0 Å². The number of hydrogen-bond acceptors (Lipinski definition) is 6. The molecular weight excluding hydrogens is 290 g/mol. The van der Waals surface area contributed by atoms with Crippen molar-refractivity contribution in [2.45, 2.75) is 13.8 Å². The number of carbonyl (C=O) groups excluding carboxylic acids is 2. The van der Waals surface area contributed by atoms with E-state index in [1.807, 2.05) is 18.2 Å². The van der Waals surface area contributed by atoms with Gasteiger partial charge in [-0.3, -0.25) is 9.59 Å². The average Bonchev–Trinajstić information content (AvgIpc) is 2.85. The fraction of sp³-hybridized carbons (Fsp3) is 0.286. The molecule has 1 aliphatic heterocycles. The Morgan fingerprint density at radius 3 is 2.71 bits per heavy atom. The van der Waals surface area contributed by atoms with Gasteiger partial charge in [0.15, 0.2) is 11.8 Å². The third-order valence-electron chi connectivity index (χ3n) is 2.46. The Morgan fingerprint density at radius 1 is 1.33 bits per heavy atom. The Kier molecular flexibility index (Phi) is 5.10. The number of ether oxygens (including phenoxy) is 1. The van der Waals surface area contributed by atoms with Crippen LogP contribution >= 0.6 is 11.8 Å². The SMILES string of the molecule is CC(C)=NN=C1SCC(=O)N1C(=O)COc1ccccc1. The van der Waals surface area contributed by atoms with E-state index in [9.17, 15) is 9.59 Å². The van der Waals surface area contributed by atoms with Gasteiger partial charge in [-0.15, -0.1) is 5.10 Å². The van der Waals surface area contributed by atoms with Crippen molar-refractivity contribution in [2.75, 3.05) is 12.4 Å². The van der Waals surface area contributed by atoms with Crippen molar-refractivity contribution in [1.82, 2.24) is 4.90 Å². The maximum Gasteiger partial charge on any atom is 0.273 e. The number of carbonyl (C=O) groups is 2. The smallest absolute Gasteiger partial charge is 0.273 e. The summed E-state index contributed by atoms with van der Waals surface area (Å²) in [5.41, 5.74) is 0.746. The Balaban J connectivity index is 2.04. The highest BCUT2D eigenvalue weighted by atomic mass is 32.2. The van der Waals surface area contributed by atoms with Gasteiger partial charge in [0.25, 0.3) is 5.91 Å². The highest BCUT2D eigenvalue weighted by molar-refractivity contribution is 8.15. The lowest BCUT2D eigenvalue weighted by molar-refractivity contribution is -0.138. The number of imide groups is 1. The summed E-state index contributed by atoms with van der Waals surface area (Å²) in [6, 6.07) is 8.96. The number of benzene rings is 1. The zero-order chi connectivity index (χ0) is 15.2. The van der Waals surface area contributed by atoms with E-state index in [2.05, 4.69) is 10.2 Å². The Labute approximate surface area is 126 Å². The largest absolute Gasteiger partial charge is 0.484 e. The minimum atomic E-state index is -0.448. The van der Waals surface area contributed by atoms with Crippen molar-refractivity contribution in [3.05, 3.63) is 30.3 Å². The van der Waals surface area contributed by atoms with Crippen LogP contribution in [0.3, 0.4) is 0 Å². The maximum absolute atomic E-state index is 12.1. The van der Waals surface area contributed by atoms with Gasteiger partial charge >= 0.3 is 0 Å². The van der Waals surface area contributed by atoms with E-state index >= 15 is 0 Å². The third kappa shape index (κ3) is 4.16. The predicted molar refractivity (Wildman–Crippen MR) is 82.5 cm³/mol. The Bertz CT molecular complexity index is 595. The summed E-state index contributed by atoms with van der Waals surface area (Å²) in [4.78, 5) is 24.9. The lowest BCUT2D eigenvalue weighted by Crippen LogP contribution is -2.39. The van der Waals surface area contributed by atoms with E-state index in [4.69, 9.17) is 4.74 Å². The fourth-order valence-corrected chi connectivity index (χ4v) is 2.36. The molecule has 0 unspecified atom stereocenters. The average molecular weight is 305 g/mol. The lowest BCUT2D eigenvalue weighted by Gasteiger charge is -2.13. The second-order valence-corrected chi connectivity index (χ2v) is 5.39. The molecule has 0 atom stereocenters. The minimum Gasteiger partial charge on any atom is -0.484 e. The lowest BCUT2D eigenvalue weighted by atomic mass is 10.3. The number of rotatable bonds is 4. The van der Waals surface area contributed by atoms with Gasteiger partial charge in [-0.1, -0.05) is 30.0 Å². The summed E-state index contributed by atoms with van der Waals surface area (Å²) in [6.45, 7) is 3.36. The second-order valence-electron chi connectivity index (χ2n) is 4.44. The first-order valence-corrected chi connectivity index (χ1v) is 7.32. The second kappa shape index (κ2) is 7.03. The van der Waals surface area contributed by atoms with Crippen molar-refractivity contribution in [3.63, 3.8) is 0 Å². The van der Waals surface area contributed by atoms with E-state index in [0.29, 0.717) is 10.9 Å². The summed E-state index contributed by atoms with van der Waals surface area (Å²) in [5.74, 6) is 0.0146. The molecule has 1 aromatic rings. The molecule has 0 bridgehead atoms. The first-order chi connectivity index (χ1) is 10.1. The van der Waals surface area contributed by atoms with Gasteiger partial charge in [-0.05, 0) is 26.0 Å². The van der Waals surface area contributed by atoms with Gasteiger partial charge in [-0.2, -0.15) is 5.10 Å². The summed E-state index contributed by atoms with van der Waals surface area (Å²) >= 11 is 1.19. The zero-order valence-electron chi connectivity index (χ0n) is 11.8. The van der Waals surface area contributed by atoms with Crippen LogP contribution in [0.25, 0.3) is 0 Å². The summed E-state index contributed by atoms with van der Waals surface area (Å²) in [5, 5.41) is 8.11. The topological polar surface area (TPSA) is 71.3 Å². The molecule has 21 heavy (non-hydrogen) atoms. The molecule has 1 saturated heterocycles. The molecule has 0 aliphatic carbocycles. The summed E-state index contributed by atoms with van der Waals surface area (Å²) < 4.78 is 5.36. The first kappa shape index (κ1) is 15.2. The number of hydrogen-bond donors (Lipinski definition) is 0. The molecule has 7 heteroatoms. The van der Waals surface area contributed by atoms with Crippen LogP contribution in [0, 0.1) is 0 Å².